The molecule has 0 aliphatic heterocycles. The summed E-state index contributed by atoms with van der Waals surface area (Å²) in [5, 5.41) is 10.7. The van der Waals surface area contributed by atoms with Crippen LogP contribution >= 0.6 is 0 Å². The number of hydrogen-bond donors (Lipinski definition) is 2. The molecule has 0 spiro atoms. The predicted octanol–water partition coefficient (Wildman–Crippen LogP) is 5.12. The van der Waals surface area contributed by atoms with Crippen LogP contribution < -0.4 is 4.72 Å². The van der Waals surface area contributed by atoms with Gasteiger partial charge in [-0.15, -0.1) is 0 Å². The molecule has 0 fully saturated rings. The molecule has 6 heteroatoms. The van der Waals surface area contributed by atoms with Crippen LogP contribution in [0, 0.1) is 0 Å². The summed E-state index contributed by atoms with van der Waals surface area (Å²) >= 11 is 0. The first-order valence-corrected chi connectivity index (χ1v) is 11.3. The van der Waals surface area contributed by atoms with Crippen LogP contribution in [0.1, 0.15) is 21.5 Å². The number of benzene rings is 4. The Labute approximate surface area is 181 Å². The van der Waals surface area contributed by atoms with Crippen molar-refractivity contribution in [2.45, 2.75) is 17.7 Å². The molecule has 0 aliphatic rings. The van der Waals surface area contributed by atoms with Gasteiger partial charge in [-0.05, 0) is 53.6 Å². The number of carboxylic acids is 1. The standard InChI is InChI=1S/C25H21NO4S/c27-25(28)21-11-5-7-18(17-21)15-16-20-9-2-4-13-23(20)26-31(29,30)24-14-6-10-19-8-1-3-12-22(19)24/h1-14,17,26H,15-16H2,(H,27,28). The summed E-state index contributed by atoms with van der Waals surface area (Å²) in [5.74, 6) is -0.968. The Bertz CT molecular complexity index is 1360. The lowest BCUT2D eigenvalue weighted by molar-refractivity contribution is 0.0696. The monoisotopic (exact) mass is 431 g/mol. The van der Waals surface area contributed by atoms with Crippen molar-refractivity contribution < 1.29 is 18.3 Å². The number of hydrogen-bond acceptors (Lipinski definition) is 3. The molecule has 4 rings (SSSR count). The first-order valence-electron chi connectivity index (χ1n) is 9.85. The predicted molar refractivity (Wildman–Crippen MR) is 122 cm³/mol. The van der Waals surface area contributed by atoms with Gasteiger partial charge in [0.25, 0.3) is 10.0 Å². The van der Waals surface area contributed by atoms with Crippen molar-refractivity contribution in [3.05, 3.63) is 108 Å². The summed E-state index contributed by atoms with van der Waals surface area (Å²) < 4.78 is 29.1. The van der Waals surface area contributed by atoms with Crippen LogP contribution in [0.25, 0.3) is 10.8 Å². The maximum atomic E-state index is 13.2. The fourth-order valence-electron chi connectivity index (χ4n) is 3.61. The molecule has 0 saturated carbocycles. The van der Waals surface area contributed by atoms with E-state index in [1.165, 1.54) is 0 Å². The van der Waals surface area contributed by atoms with E-state index in [0.29, 0.717) is 23.9 Å². The van der Waals surface area contributed by atoms with Crippen molar-refractivity contribution in [1.29, 1.82) is 0 Å². The third kappa shape index (κ3) is 4.59. The lowest BCUT2D eigenvalue weighted by Gasteiger charge is -2.14. The van der Waals surface area contributed by atoms with E-state index in [2.05, 4.69) is 4.72 Å². The van der Waals surface area contributed by atoms with E-state index < -0.39 is 16.0 Å². The Kier molecular flexibility index (Phi) is 5.73. The van der Waals surface area contributed by atoms with Gasteiger partial charge in [-0.1, -0.05) is 66.7 Å². The second kappa shape index (κ2) is 8.62. The zero-order chi connectivity index (χ0) is 21.8. The van der Waals surface area contributed by atoms with E-state index in [-0.39, 0.29) is 10.5 Å². The Morgan fingerprint density at radius 2 is 1.52 bits per heavy atom. The van der Waals surface area contributed by atoms with Gasteiger partial charge in [0.05, 0.1) is 16.1 Å². The Morgan fingerprint density at radius 1 is 0.806 bits per heavy atom. The molecular formula is C25H21NO4S. The first-order chi connectivity index (χ1) is 14.9. The highest BCUT2D eigenvalue weighted by atomic mass is 32.2. The Hall–Kier alpha value is -3.64. The van der Waals surface area contributed by atoms with Crippen LogP contribution in [0.5, 0.6) is 0 Å². The number of aromatic carboxylic acids is 1. The number of anilines is 1. The summed E-state index contributed by atoms with van der Waals surface area (Å²) in [4.78, 5) is 11.4. The molecular weight excluding hydrogens is 410 g/mol. The van der Waals surface area contributed by atoms with Gasteiger partial charge in [0.2, 0.25) is 0 Å². The molecule has 4 aromatic rings. The van der Waals surface area contributed by atoms with E-state index in [4.69, 9.17) is 0 Å². The number of nitrogens with one attached hydrogen (secondary N) is 1. The van der Waals surface area contributed by atoms with E-state index >= 15 is 0 Å². The van der Waals surface area contributed by atoms with Crippen LogP contribution in [0.4, 0.5) is 5.69 Å². The van der Waals surface area contributed by atoms with Gasteiger partial charge in [-0.3, -0.25) is 4.72 Å². The van der Waals surface area contributed by atoms with Gasteiger partial charge in [-0.2, -0.15) is 0 Å². The summed E-state index contributed by atoms with van der Waals surface area (Å²) in [6, 6.07) is 26.6. The van der Waals surface area contributed by atoms with Gasteiger partial charge in [0, 0.05) is 5.39 Å². The zero-order valence-electron chi connectivity index (χ0n) is 16.7. The van der Waals surface area contributed by atoms with E-state index in [1.807, 2.05) is 42.5 Å². The molecule has 0 radical (unpaired) electrons. The van der Waals surface area contributed by atoms with Crippen molar-refractivity contribution in [3.63, 3.8) is 0 Å². The Balaban J connectivity index is 1.60. The lowest BCUT2D eigenvalue weighted by atomic mass is 10.0. The van der Waals surface area contributed by atoms with Crippen molar-refractivity contribution in [3.8, 4) is 0 Å². The topological polar surface area (TPSA) is 83.5 Å². The molecule has 0 saturated heterocycles. The lowest BCUT2D eigenvalue weighted by Crippen LogP contribution is -2.15. The normalized spacial score (nSPS) is 11.4. The molecule has 0 atom stereocenters. The fourth-order valence-corrected chi connectivity index (χ4v) is 4.94. The zero-order valence-corrected chi connectivity index (χ0v) is 17.5. The number of fused-ring (bicyclic) bond motifs is 1. The summed E-state index contributed by atoms with van der Waals surface area (Å²) in [6.07, 6.45) is 1.16. The Morgan fingerprint density at radius 3 is 2.35 bits per heavy atom. The molecule has 31 heavy (non-hydrogen) atoms. The van der Waals surface area contributed by atoms with Crippen LogP contribution in [0.15, 0.2) is 95.9 Å². The maximum Gasteiger partial charge on any atom is 0.335 e. The molecule has 4 aromatic carbocycles. The number of carbonyl (C=O) groups is 1. The molecule has 0 heterocycles. The second-order valence-electron chi connectivity index (χ2n) is 7.25. The van der Waals surface area contributed by atoms with Gasteiger partial charge >= 0.3 is 5.97 Å². The average Bonchev–Trinajstić information content (AvgIpc) is 2.78. The highest BCUT2D eigenvalue weighted by Gasteiger charge is 2.18. The maximum absolute atomic E-state index is 13.2. The molecule has 0 bridgehead atoms. The molecule has 0 aliphatic carbocycles. The quantitative estimate of drug-likeness (QED) is 0.425. The van der Waals surface area contributed by atoms with E-state index in [0.717, 1.165) is 16.5 Å². The number of rotatable bonds is 7. The largest absolute Gasteiger partial charge is 0.478 e. The molecule has 156 valence electrons. The SMILES string of the molecule is O=C(O)c1cccc(CCc2ccccc2NS(=O)(=O)c2cccc3ccccc23)c1. The average molecular weight is 432 g/mol. The minimum atomic E-state index is -3.79. The smallest absolute Gasteiger partial charge is 0.335 e. The van der Waals surface area contributed by atoms with Crippen LogP contribution in [0.3, 0.4) is 0 Å². The van der Waals surface area contributed by atoms with Crippen molar-refractivity contribution in [1.82, 2.24) is 0 Å². The summed E-state index contributed by atoms with van der Waals surface area (Å²) in [6.45, 7) is 0. The molecule has 5 nitrogen and oxygen atoms in total. The van der Waals surface area contributed by atoms with Crippen molar-refractivity contribution in [2.24, 2.45) is 0 Å². The highest BCUT2D eigenvalue weighted by Crippen LogP contribution is 2.26. The molecule has 0 amide bonds. The molecule has 0 aromatic heterocycles. The van der Waals surface area contributed by atoms with E-state index in [1.54, 1.807) is 48.5 Å². The van der Waals surface area contributed by atoms with Gasteiger partial charge in [0.15, 0.2) is 0 Å². The summed E-state index contributed by atoms with van der Waals surface area (Å²) in [5.41, 5.74) is 2.48. The highest BCUT2D eigenvalue weighted by molar-refractivity contribution is 7.93. The third-order valence-corrected chi connectivity index (χ3v) is 6.58. The first kappa shape index (κ1) is 20.6. The third-order valence-electron chi connectivity index (χ3n) is 5.16. The number of para-hydroxylation sites is 1. The van der Waals surface area contributed by atoms with Gasteiger partial charge in [-0.25, -0.2) is 13.2 Å². The molecule has 0 unspecified atom stereocenters. The van der Waals surface area contributed by atoms with Crippen molar-refractivity contribution >= 4 is 32.5 Å². The van der Waals surface area contributed by atoms with Crippen LogP contribution in [-0.4, -0.2) is 19.5 Å². The van der Waals surface area contributed by atoms with Gasteiger partial charge < -0.3 is 5.11 Å². The second-order valence-corrected chi connectivity index (χ2v) is 8.90. The van der Waals surface area contributed by atoms with Crippen LogP contribution in [-0.2, 0) is 22.9 Å². The fraction of sp³-hybridized carbons (Fsp3) is 0.0800. The van der Waals surface area contributed by atoms with Gasteiger partial charge in [0.1, 0.15) is 0 Å². The molecule has 2 N–H and O–H groups in total. The number of sulfonamides is 1. The summed E-state index contributed by atoms with van der Waals surface area (Å²) in [7, 11) is -3.79. The van der Waals surface area contributed by atoms with Crippen molar-refractivity contribution in [2.75, 3.05) is 4.72 Å². The van der Waals surface area contributed by atoms with Crippen LogP contribution in [0.2, 0.25) is 0 Å². The number of carboxylic acid groups (broad SMARTS) is 1. The number of aryl methyl sites for hydroxylation is 2. The minimum Gasteiger partial charge on any atom is -0.478 e. The minimum absolute atomic E-state index is 0.231. The van der Waals surface area contributed by atoms with E-state index in [9.17, 15) is 18.3 Å².